The summed E-state index contributed by atoms with van der Waals surface area (Å²) < 4.78 is 44.5. The second kappa shape index (κ2) is 13.3. The van der Waals surface area contributed by atoms with Gasteiger partial charge in [-0.15, -0.1) is 10.2 Å². The number of amides is 1. The second-order valence-electron chi connectivity index (χ2n) is 8.87. The van der Waals surface area contributed by atoms with Crippen LogP contribution < -0.4 is 15.4 Å². The third kappa shape index (κ3) is 8.57. The summed E-state index contributed by atoms with van der Waals surface area (Å²) in [5, 5.41) is 22.6. The number of hydrogen-bond acceptors (Lipinski definition) is 6. The molecule has 0 bridgehead atoms. The Balaban J connectivity index is 1.61. The first-order chi connectivity index (χ1) is 18.5. The van der Waals surface area contributed by atoms with Crippen LogP contribution >= 0.6 is 11.6 Å². The van der Waals surface area contributed by atoms with Gasteiger partial charge in [-0.25, -0.2) is 0 Å². The maximum absolute atomic E-state index is 12.9. The molecular weight excluding hydrogens is 537 g/mol. The zero-order chi connectivity index (χ0) is 28.6. The van der Waals surface area contributed by atoms with Crippen molar-refractivity contribution in [3.63, 3.8) is 0 Å². The number of rotatable bonds is 12. The lowest BCUT2D eigenvalue weighted by atomic mass is 9.99. The van der Waals surface area contributed by atoms with E-state index >= 15 is 0 Å². The molecule has 12 heteroatoms. The van der Waals surface area contributed by atoms with Crippen LogP contribution in [0.4, 0.5) is 18.9 Å². The monoisotopic (exact) mass is 564 g/mol. The molecule has 0 saturated heterocycles. The van der Waals surface area contributed by atoms with Crippen LogP contribution in [0.15, 0.2) is 54.6 Å². The number of aromatic nitrogens is 2. The minimum atomic E-state index is -4.49. The lowest BCUT2D eigenvalue weighted by Crippen LogP contribution is -2.33. The van der Waals surface area contributed by atoms with Crippen LogP contribution in [0.1, 0.15) is 42.6 Å². The van der Waals surface area contributed by atoms with Crippen LogP contribution in [0.5, 0.6) is 5.88 Å². The van der Waals surface area contributed by atoms with E-state index in [-0.39, 0.29) is 48.3 Å². The first-order valence-corrected chi connectivity index (χ1v) is 12.6. The quantitative estimate of drug-likeness (QED) is 0.250. The van der Waals surface area contributed by atoms with Crippen molar-refractivity contribution in [3.05, 3.63) is 70.7 Å². The number of halogens is 4. The van der Waals surface area contributed by atoms with Crippen molar-refractivity contribution >= 4 is 29.2 Å². The summed E-state index contributed by atoms with van der Waals surface area (Å²) in [7, 11) is 0. The first kappa shape index (κ1) is 29.7. The highest BCUT2D eigenvalue weighted by Crippen LogP contribution is 2.35. The molecule has 0 radical (unpaired) electrons. The number of benzene rings is 2. The van der Waals surface area contributed by atoms with Gasteiger partial charge in [0.05, 0.1) is 28.7 Å². The summed E-state index contributed by atoms with van der Waals surface area (Å²) in [6, 6.07) is 12.9. The number of carbonyl (C=O) groups is 2. The summed E-state index contributed by atoms with van der Waals surface area (Å²) >= 11 is 6.05. The number of nitrogens with zero attached hydrogens (tertiary/aromatic N) is 2. The molecule has 0 unspecified atom stereocenters. The van der Waals surface area contributed by atoms with E-state index in [2.05, 4.69) is 27.8 Å². The van der Waals surface area contributed by atoms with E-state index in [4.69, 9.17) is 21.4 Å². The van der Waals surface area contributed by atoms with Gasteiger partial charge in [0.25, 0.3) is 5.91 Å². The number of anilines is 1. The lowest BCUT2D eigenvalue weighted by Gasteiger charge is -2.25. The van der Waals surface area contributed by atoms with Gasteiger partial charge in [0, 0.05) is 29.4 Å². The van der Waals surface area contributed by atoms with Crippen LogP contribution in [0.25, 0.3) is 11.3 Å². The van der Waals surface area contributed by atoms with Gasteiger partial charge >= 0.3 is 12.1 Å². The Kier molecular flexibility index (Phi) is 10.1. The number of ether oxygens (including phenoxy) is 1. The molecule has 0 aliphatic carbocycles. The lowest BCUT2D eigenvalue weighted by molar-refractivity contribution is -0.138. The minimum absolute atomic E-state index is 0.0445. The molecule has 8 nitrogen and oxygen atoms in total. The summed E-state index contributed by atoms with van der Waals surface area (Å²) in [5.74, 6) is -0.893. The number of nitrogens with one attached hydrogen (secondary N) is 2. The van der Waals surface area contributed by atoms with Crippen molar-refractivity contribution in [2.24, 2.45) is 5.92 Å². The van der Waals surface area contributed by atoms with Gasteiger partial charge < -0.3 is 20.5 Å². The van der Waals surface area contributed by atoms with Crippen molar-refractivity contribution in [2.75, 3.05) is 18.5 Å². The molecule has 39 heavy (non-hydrogen) atoms. The molecule has 0 spiro atoms. The molecule has 3 N–H and O–H groups in total. The van der Waals surface area contributed by atoms with E-state index in [0.717, 1.165) is 24.2 Å². The standard InChI is InChI=1S/C27H28ClF3N4O4/c1-3-16(2)23(33-19-7-4-17(5-8-19)26(38)32-13-12-25(36)37)15-39-24-11-10-22(34-35-24)20-9-6-18(14-21(20)28)27(29,30)31/h4-11,14,16,23,33H,3,12-13,15H2,1-2H3,(H,32,38)(H,36,37)/t16-,23+/m0/s1. The van der Waals surface area contributed by atoms with E-state index in [1.54, 1.807) is 36.4 Å². The van der Waals surface area contributed by atoms with Crippen molar-refractivity contribution < 1.29 is 32.6 Å². The third-order valence-corrected chi connectivity index (χ3v) is 6.39. The Morgan fingerprint density at radius 3 is 2.36 bits per heavy atom. The van der Waals surface area contributed by atoms with Crippen LogP contribution in [-0.2, 0) is 11.0 Å². The predicted octanol–water partition coefficient (Wildman–Crippen LogP) is 5.93. The number of hydrogen-bond donors (Lipinski definition) is 3. The van der Waals surface area contributed by atoms with E-state index in [1.807, 2.05) is 6.92 Å². The molecule has 0 aliphatic heterocycles. The Morgan fingerprint density at radius 2 is 1.79 bits per heavy atom. The van der Waals surface area contributed by atoms with E-state index < -0.39 is 17.7 Å². The predicted molar refractivity (Wildman–Crippen MR) is 141 cm³/mol. The Morgan fingerprint density at radius 1 is 1.08 bits per heavy atom. The maximum Gasteiger partial charge on any atom is 0.416 e. The van der Waals surface area contributed by atoms with E-state index in [0.29, 0.717) is 16.8 Å². The summed E-state index contributed by atoms with van der Waals surface area (Å²) in [5.41, 5.74) is 0.961. The number of alkyl halides is 3. The van der Waals surface area contributed by atoms with Crippen molar-refractivity contribution in [3.8, 4) is 17.1 Å². The molecule has 208 valence electrons. The minimum Gasteiger partial charge on any atom is -0.481 e. The Labute approximate surface area is 228 Å². The normalized spacial score (nSPS) is 12.9. The van der Waals surface area contributed by atoms with Gasteiger partial charge in [-0.05, 0) is 48.4 Å². The zero-order valence-electron chi connectivity index (χ0n) is 21.3. The molecular formula is C27H28ClF3N4O4. The van der Waals surface area contributed by atoms with E-state index in [9.17, 15) is 22.8 Å². The zero-order valence-corrected chi connectivity index (χ0v) is 22.0. The Bertz CT molecular complexity index is 1270. The van der Waals surface area contributed by atoms with E-state index in [1.165, 1.54) is 6.07 Å². The SMILES string of the molecule is CC[C@H](C)[C@@H](COc1ccc(-c2ccc(C(F)(F)F)cc2Cl)nn1)Nc1ccc(C(=O)NCCC(=O)O)cc1. The smallest absolute Gasteiger partial charge is 0.416 e. The van der Waals surface area contributed by atoms with Crippen LogP contribution in [0, 0.1) is 5.92 Å². The number of carboxylic acids is 1. The number of carbonyl (C=O) groups excluding carboxylic acids is 1. The van der Waals surface area contributed by atoms with Gasteiger partial charge in [-0.2, -0.15) is 13.2 Å². The molecule has 2 aromatic carbocycles. The second-order valence-corrected chi connectivity index (χ2v) is 9.28. The fourth-order valence-corrected chi connectivity index (χ4v) is 3.84. The van der Waals surface area contributed by atoms with Crippen LogP contribution in [-0.4, -0.2) is 46.4 Å². The highest BCUT2D eigenvalue weighted by Gasteiger charge is 2.31. The molecule has 2 atom stereocenters. The van der Waals surface area contributed by atoms with Gasteiger partial charge in [-0.1, -0.05) is 37.9 Å². The molecule has 1 amide bonds. The van der Waals surface area contributed by atoms with Crippen LogP contribution in [0.3, 0.4) is 0 Å². The van der Waals surface area contributed by atoms with Crippen molar-refractivity contribution in [1.29, 1.82) is 0 Å². The fraction of sp³-hybridized carbons (Fsp3) is 0.333. The summed E-state index contributed by atoms with van der Waals surface area (Å²) in [4.78, 5) is 22.8. The topological polar surface area (TPSA) is 113 Å². The van der Waals surface area contributed by atoms with Gasteiger partial charge in [0.1, 0.15) is 6.61 Å². The van der Waals surface area contributed by atoms with Crippen molar-refractivity contribution in [2.45, 2.75) is 38.9 Å². The molecule has 3 aromatic rings. The molecule has 1 aromatic heterocycles. The third-order valence-electron chi connectivity index (χ3n) is 6.08. The van der Waals surface area contributed by atoms with Crippen molar-refractivity contribution in [1.82, 2.24) is 15.5 Å². The molecule has 0 aliphatic rings. The molecule has 1 heterocycles. The first-order valence-electron chi connectivity index (χ1n) is 12.2. The summed E-state index contributed by atoms with van der Waals surface area (Å²) in [6.45, 7) is 4.41. The average Bonchev–Trinajstić information content (AvgIpc) is 2.90. The maximum atomic E-state index is 12.9. The molecule has 3 rings (SSSR count). The van der Waals surface area contributed by atoms with Gasteiger partial charge in [0.2, 0.25) is 5.88 Å². The van der Waals surface area contributed by atoms with Crippen LogP contribution in [0.2, 0.25) is 5.02 Å². The average molecular weight is 565 g/mol. The largest absolute Gasteiger partial charge is 0.481 e. The summed E-state index contributed by atoms with van der Waals surface area (Å²) in [6.07, 6.45) is -3.79. The van der Waals surface area contributed by atoms with Gasteiger partial charge in [0.15, 0.2) is 0 Å². The fourth-order valence-electron chi connectivity index (χ4n) is 3.56. The number of carboxylic acid groups (broad SMARTS) is 1. The van der Waals surface area contributed by atoms with Gasteiger partial charge in [-0.3, -0.25) is 9.59 Å². The molecule has 0 fully saturated rings. The number of aliphatic carboxylic acids is 1. The molecule has 0 saturated carbocycles. The highest BCUT2D eigenvalue weighted by molar-refractivity contribution is 6.33. The Hall–Kier alpha value is -3.86. The highest BCUT2D eigenvalue weighted by atomic mass is 35.5.